The lowest BCUT2D eigenvalue weighted by Crippen LogP contribution is -2.44. The zero-order chi connectivity index (χ0) is 13.5. The van der Waals surface area contributed by atoms with E-state index in [2.05, 4.69) is 15.1 Å². The van der Waals surface area contributed by atoms with E-state index in [1.54, 1.807) is 0 Å². The minimum atomic E-state index is 0.727. The van der Waals surface area contributed by atoms with Crippen LogP contribution in [0.5, 0.6) is 0 Å². The first-order valence-electron chi connectivity index (χ1n) is 7.66. The fourth-order valence-electron chi connectivity index (χ4n) is 3.02. The van der Waals surface area contributed by atoms with Crippen LogP contribution in [0.4, 0.5) is 0 Å². The molecule has 1 unspecified atom stereocenters. The fourth-order valence-corrected chi connectivity index (χ4v) is 3.28. The van der Waals surface area contributed by atoms with Crippen molar-refractivity contribution in [3.8, 4) is 0 Å². The van der Waals surface area contributed by atoms with Gasteiger partial charge in [-0.1, -0.05) is 0 Å². The molecule has 2 saturated heterocycles. The Balaban J connectivity index is 1.69. The van der Waals surface area contributed by atoms with Crippen LogP contribution in [-0.4, -0.2) is 66.9 Å². The quantitative estimate of drug-likeness (QED) is 0.610. The van der Waals surface area contributed by atoms with Gasteiger partial charge in [0.1, 0.15) is 0 Å². The molecule has 0 aromatic rings. The smallest absolute Gasteiger partial charge is 0.168 e. The summed E-state index contributed by atoms with van der Waals surface area (Å²) in [7, 11) is 0. The Labute approximate surface area is 122 Å². The van der Waals surface area contributed by atoms with Crippen molar-refractivity contribution in [2.24, 2.45) is 0 Å². The largest absolute Gasteiger partial charge is 0.382 e. The van der Waals surface area contributed by atoms with Gasteiger partial charge in [0.25, 0.3) is 0 Å². The SMILES string of the molecule is CCOCCCNC(=S)N1CCCN2CCCC2C1. The monoisotopic (exact) mass is 285 g/mol. The summed E-state index contributed by atoms with van der Waals surface area (Å²) in [4.78, 5) is 5.00. The number of rotatable bonds is 5. The van der Waals surface area contributed by atoms with Crippen LogP contribution in [0.15, 0.2) is 0 Å². The Morgan fingerprint density at radius 1 is 1.32 bits per heavy atom. The molecular formula is C14H27N3OS. The molecule has 2 aliphatic rings. The van der Waals surface area contributed by atoms with Gasteiger partial charge in [0, 0.05) is 45.4 Å². The van der Waals surface area contributed by atoms with Gasteiger partial charge in [-0.2, -0.15) is 0 Å². The van der Waals surface area contributed by atoms with E-state index in [4.69, 9.17) is 17.0 Å². The van der Waals surface area contributed by atoms with Gasteiger partial charge in [-0.25, -0.2) is 0 Å². The Morgan fingerprint density at radius 3 is 3.00 bits per heavy atom. The van der Waals surface area contributed by atoms with E-state index in [-0.39, 0.29) is 0 Å². The third kappa shape index (κ3) is 4.58. The van der Waals surface area contributed by atoms with Crippen molar-refractivity contribution in [3.05, 3.63) is 0 Å². The summed E-state index contributed by atoms with van der Waals surface area (Å²) < 4.78 is 5.33. The highest BCUT2D eigenvalue weighted by Gasteiger charge is 2.29. The number of ether oxygens (including phenoxy) is 1. The zero-order valence-corrected chi connectivity index (χ0v) is 12.9. The van der Waals surface area contributed by atoms with Crippen LogP contribution < -0.4 is 5.32 Å². The van der Waals surface area contributed by atoms with E-state index in [0.29, 0.717) is 0 Å². The van der Waals surface area contributed by atoms with Crippen LogP contribution in [0.3, 0.4) is 0 Å². The van der Waals surface area contributed by atoms with Gasteiger partial charge in [0.15, 0.2) is 5.11 Å². The minimum Gasteiger partial charge on any atom is -0.382 e. The van der Waals surface area contributed by atoms with Crippen molar-refractivity contribution in [2.75, 3.05) is 45.9 Å². The average Bonchev–Trinajstić information content (AvgIpc) is 2.75. The van der Waals surface area contributed by atoms with Crippen LogP contribution in [-0.2, 0) is 4.74 Å². The standard InChI is InChI=1S/C14H27N3OS/c1-2-18-11-4-7-15-14(19)17-10-5-9-16-8-3-6-13(16)12-17/h13H,2-12H2,1H3,(H,15,19). The van der Waals surface area contributed by atoms with Gasteiger partial charge < -0.3 is 15.0 Å². The second-order valence-corrected chi connectivity index (χ2v) is 5.80. The molecular weight excluding hydrogens is 258 g/mol. The Bertz CT molecular complexity index is 288. The van der Waals surface area contributed by atoms with E-state index in [1.807, 2.05) is 6.92 Å². The third-order valence-corrected chi connectivity index (χ3v) is 4.44. The highest BCUT2D eigenvalue weighted by Crippen LogP contribution is 2.21. The number of fused-ring (bicyclic) bond motifs is 1. The van der Waals surface area contributed by atoms with Crippen molar-refractivity contribution in [1.82, 2.24) is 15.1 Å². The van der Waals surface area contributed by atoms with Crippen LogP contribution in [0.1, 0.15) is 32.6 Å². The van der Waals surface area contributed by atoms with Gasteiger partial charge >= 0.3 is 0 Å². The summed E-state index contributed by atoms with van der Waals surface area (Å²) in [5, 5.41) is 4.31. The minimum absolute atomic E-state index is 0.727. The molecule has 1 N–H and O–H groups in total. The van der Waals surface area contributed by atoms with Crippen LogP contribution in [0.25, 0.3) is 0 Å². The molecule has 5 heteroatoms. The predicted octanol–water partition coefficient (Wildman–Crippen LogP) is 1.46. The molecule has 0 aromatic heterocycles. The first-order valence-corrected chi connectivity index (χ1v) is 8.06. The first-order chi connectivity index (χ1) is 9.31. The Morgan fingerprint density at radius 2 is 2.16 bits per heavy atom. The Hall–Kier alpha value is -0.390. The van der Waals surface area contributed by atoms with Crippen LogP contribution >= 0.6 is 12.2 Å². The summed E-state index contributed by atoms with van der Waals surface area (Å²) in [6.45, 7) is 9.31. The highest BCUT2D eigenvalue weighted by atomic mass is 32.1. The number of nitrogens with one attached hydrogen (secondary N) is 1. The first kappa shape index (κ1) is 15.0. The van der Waals surface area contributed by atoms with E-state index >= 15 is 0 Å². The molecule has 2 aliphatic heterocycles. The molecule has 1 atom stereocenters. The molecule has 0 amide bonds. The van der Waals surface area contributed by atoms with E-state index < -0.39 is 0 Å². The van der Waals surface area contributed by atoms with Gasteiger partial charge in [0.2, 0.25) is 0 Å². The van der Waals surface area contributed by atoms with E-state index in [9.17, 15) is 0 Å². The maximum Gasteiger partial charge on any atom is 0.168 e. The van der Waals surface area contributed by atoms with Gasteiger partial charge in [-0.3, -0.25) is 4.90 Å². The van der Waals surface area contributed by atoms with Gasteiger partial charge in [-0.05, 0) is 51.4 Å². The number of nitrogens with zero attached hydrogens (tertiary/aromatic N) is 2. The molecule has 4 nitrogen and oxygen atoms in total. The molecule has 19 heavy (non-hydrogen) atoms. The summed E-state index contributed by atoms with van der Waals surface area (Å²) in [5.41, 5.74) is 0. The van der Waals surface area contributed by atoms with E-state index in [1.165, 1.54) is 32.4 Å². The third-order valence-electron chi connectivity index (χ3n) is 4.04. The average molecular weight is 285 g/mol. The molecule has 2 fully saturated rings. The second-order valence-electron chi connectivity index (χ2n) is 5.41. The molecule has 2 rings (SSSR count). The lowest BCUT2D eigenvalue weighted by atomic mass is 10.2. The maximum absolute atomic E-state index is 5.53. The number of thiocarbonyl (C=S) groups is 1. The Kier molecular flexibility index (Phi) is 6.34. The second kappa shape index (κ2) is 8.02. The zero-order valence-electron chi connectivity index (χ0n) is 12.1. The maximum atomic E-state index is 5.53. The molecule has 0 spiro atoms. The van der Waals surface area contributed by atoms with Gasteiger partial charge in [-0.15, -0.1) is 0 Å². The van der Waals surface area contributed by atoms with Gasteiger partial charge in [0.05, 0.1) is 0 Å². The number of hydrogen-bond acceptors (Lipinski definition) is 3. The summed E-state index contributed by atoms with van der Waals surface area (Å²) in [6, 6.07) is 0.727. The molecule has 110 valence electrons. The molecule has 0 aliphatic carbocycles. The van der Waals surface area contributed by atoms with Crippen molar-refractivity contribution in [3.63, 3.8) is 0 Å². The molecule has 0 aromatic carbocycles. The molecule has 0 bridgehead atoms. The fraction of sp³-hybridized carbons (Fsp3) is 0.929. The summed E-state index contributed by atoms with van der Waals surface area (Å²) in [5.74, 6) is 0. The van der Waals surface area contributed by atoms with Crippen LogP contribution in [0.2, 0.25) is 0 Å². The summed E-state index contributed by atoms with van der Waals surface area (Å²) >= 11 is 5.53. The lowest BCUT2D eigenvalue weighted by Gasteiger charge is -2.28. The van der Waals surface area contributed by atoms with Crippen molar-refractivity contribution in [2.45, 2.75) is 38.6 Å². The van der Waals surface area contributed by atoms with Crippen LogP contribution in [0, 0.1) is 0 Å². The topological polar surface area (TPSA) is 27.7 Å². The summed E-state index contributed by atoms with van der Waals surface area (Å²) in [6.07, 6.45) is 4.95. The van der Waals surface area contributed by atoms with Crippen molar-refractivity contribution < 1.29 is 4.74 Å². The van der Waals surface area contributed by atoms with E-state index in [0.717, 1.165) is 50.4 Å². The predicted molar refractivity (Wildman–Crippen MR) is 82.5 cm³/mol. The molecule has 2 heterocycles. The normalized spacial score (nSPS) is 24.1. The number of hydrogen-bond donors (Lipinski definition) is 1. The van der Waals surface area contributed by atoms with Crippen molar-refractivity contribution >= 4 is 17.3 Å². The van der Waals surface area contributed by atoms with Crippen molar-refractivity contribution in [1.29, 1.82) is 0 Å². The molecule has 0 saturated carbocycles. The highest BCUT2D eigenvalue weighted by molar-refractivity contribution is 7.80. The molecule has 0 radical (unpaired) electrons. The lowest BCUT2D eigenvalue weighted by molar-refractivity contribution is 0.145.